The fraction of sp³-hybridized carbons (Fsp3) is 0.167. The number of hydrogen-bond acceptors (Lipinski definition) is 4. The molecule has 1 aliphatic rings. The summed E-state index contributed by atoms with van der Waals surface area (Å²) in [4.78, 5) is 14.5. The summed E-state index contributed by atoms with van der Waals surface area (Å²) in [5, 5.41) is 0.837. The van der Waals surface area contributed by atoms with Gasteiger partial charge in [0.25, 0.3) is 0 Å². The first-order chi connectivity index (χ1) is 15.4. The van der Waals surface area contributed by atoms with Gasteiger partial charge < -0.3 is 4.74 Å². The first-order valence-electron chi connectivity index (χ1n) is 9.81. The molecule has 0 bridgehead atoms. The normalized spacial score (nSPS) is 16.0. The lowest BCUT2D eigenvalue weighted by atomic mass is 10.1. The van der Waals surface area contributed by atoms with Crippen LogP contribution < -0.4 is 4.74 Å². The van der Waals surface area contributed by atoms with Crippen LogP contribution in [0, 0.1) is 5.82 Å². The molecule has 1 fully saturated rings. The zero-order chi connectivity index (χ0) is 22.7. The molecule has 0 aliphatic carbocycles. The number of amides is 1. The van der Waals surface area contributed by atoms with Crippen LogP contribution in [0.5, 0.6) is 5.75 Å². The van der Waals surface area contributed by atoms with Gasteiger partial charge in [-0.15, -0.1) is 0 Å². The number of hydrogen-bond donors (Lipinski definition) is 0. The topological polar surface area (TPSA) is 29.5 Å². The van der Waals surface area contributed by atoms with Crippen molar-refractivity contribution >= 4 is 57.4 Å². The van der Waals surface area contributed by atoms with Crippen molar-refractivity contribution in [3.8, 4) is 5.75 Å². The molecule has 3 aromatic rings. The van der Waals surface area contributed by atoms with Gasteiger partial charge in [-0.2, -0.15) is 0 Å². The molecule has 0 aromatic heterocycles. The van der Waals surface area contributed by atoms with Gasteiger partial charge in [-0.25, -0.2) is 4.39 Å². The zero-order valence-corrected chi connectivity index (χ0v) is 19.9. The van der Waals surface area contributed by atoms with Crippen LogP contribution in [0.2, 0.25) is 10.0 Å². The Kier molecular flexibility index (Phi) is 7.36. The summed E-state index contributed by atoms with van der Waals surface area (Å²) < 4.78 is 19.5. The van der Waals surface area contributed by atoms with E-state index < -0.39 is 0 Å². The summed E-state index contributed by atoms with van der Waals surface area (Å²) in [5.41, 5.74) is 2.73. The third-order valence-corrected chi connectivity index (χ3v) is 7.12. The average Bonchev–Trinajstić information content (AvgIpc) is 3.03. The molecule has 164 valence electrons. The minimum absolute atomic E-state index is 0.0523. The fourth-order valence-corrected chi connectivity index (χ4v) is 5.20. The van der Waals surface area contributed by atoms with Gasteiger partial charge in [0.05, 0.1) is 16.8 Å². The Morgan fingerprint density at radius 2 is 1.62 bits per heavy atom. The molecule has 8 heteroatoms. The number of carbonyl (C=O) groups is 1. The second-order valence-corrected chi connectivity index (χ2v) is 9.99. The van der Waals surface area contributed by atoms with E-state index in [0.29, 0.717) is 39.7 Å². The number of carbonyl (C=O) groups excluding carboxylic acids is 1. The van der Waals surface area contributed by atoms with Crippen LogP contribution in [0.3, 0.4) is 0 Å². The third kappa shape index (κ3) is 5.62. The second-order valence-electron chi connectivity index (χ2n) is 7.31. The molecular formula is C24H18Cl2FNO2S2. The van der Waals surface area contributed by atoms with Crippen LogP contribution in [0.4, 0.5) is 4.39 Å². The first kappa shape index (κ1) is 23.1. The van der Waals surface area contributed by atoms with Crippen LogP contribution in [-0.2, 0) is 24.4 Å². The number of ether oxygens (including phenoxy) is 1. The van der Waals surface area contributed by atoms with E-state index in [1.807, 2.05) is 42.5 Å². The Labute approximate surface area is 205 Å². The zero-order valence-electron chi connectivity index (χ0n) is 16.8. The highest BCUT2D eigenvalue weighted by molar-refractivity contribution is 8.24. The fourth-order valence-electron chi connectivity index (χ4n) is 3.29. The Bertz CT molecular complexity index is 1140. The molecule has 3 nitrogen and oxygen atoms in total. The van der Waals surface area contributed by atoms with Gasteiger partial charge in [-0.3, -0.25) is 9.69 Å². The Morgan fingerprint density at radius 3 is 2.31 bits per heavy atom. The molecule has 1 atom stereocenters. The highest BCUT2D eigenvalue weighted by atomic mass is 35.5. The maximum absolute atomic E-state index is 13.1. The lowest BCUT2D eigenvalue weighted by molar-refractivity contribution is -0.126. The molecule has 4 rings (SSSR count). The summed E-state index contributed by atoms with van der Waals surface area (Å²) in [7, 11) is 0. The molecule has 3 aromatic carbocycles. The van der Waals surface area contributed by atoms with E-state index >= 15 is 0 Å². The summed E-state index contributed by atoms with van der Waals surface area (Å²) in [6.07, 6.45) is 0.501. The quantitative estimate of drug-likeness (QED) is 0.334. The van der Waals surface area contributed by atoms with Crippen LogP contribution >= 0.6 is 47.2 Å². The number of rotatable bonds is 7. The molecule has 0 N–H and O–H groups in total. The van der Waals surface area contributed by atoms with Crippen molar-refractivity contribution in [3.63, 3.8) is 0 Å². The molecule has 0 spiro atoms. The van der Waals surface area contributed by atoms with Crippen LogP contribution in [0.1, 0.15) is 16.7 Å². The number of benzene rings is 3. The van der Waals surface area contributed by atoms with Gasteiger partial charge >= 0.3 is 0 Å². The van der Waals surface area contributed by atoms with Gasteiger partial charge in [0.1, 0.15) is 22.5 Å². The Balaban J connectivity index is 1.37. The summed E-state index contributed by atoms with van der Waals surface area (Å²) >= 11 is 19.1. The predicted octanol–water partition coefficient (Wildman–Crippen LogP) is 6.68. The molecule has 1 heterocycles. The Hall–Kier alpha value is -2.12. The number of halogens is 3. The molecule has 0 saturated carbocycles. The number of nitrogens with zero attached hydrogens (tertiary/aromatic N) is 1. The molecule has 1 amide bonds. The van der Waals surface area contributed by atoms with Crippen LogP contribution in [-0.4, -0.2) is 20.4 Å². The maximum atomic E-state index is 13.1. The maximum Gasteiger partial charge on any atom is 0.242 e. The smallest absolute Gasteiger partial charge is 0.242 e. The van der Waals surface area contributed by atoms with Gasteiger partial charge in [0.15, 0.2) is 0 Å². The largest absolute Gasteiger partial charge is 0.487 e. The van der Waals surface area contributed by atoms with Gasteiger partial charge in [0, 0.05) is 5.02 Å². The lowest BCUT2D eigenvalue weighted by Gasteiger charge is -2.16. The first-order valence-corrected chi connectivity index (χ1v) is 11.9. The highest BCUT2D eigenvalue weighted by Gasteiger charge is 2.36. The van der Waals surface area contributed by atoms with Gasteiger partial charge in [-0.1, -0.05) is 77.5 Å². The van der Waals surface area contributed by atoms with E-state index in [4.69, 9.17) is 40.2 Å². The minimum atomic E-state index is -0.320. The molecule has 1 aliphatic heterocycles. The monoisotopic (exact) mass is 505 g/mol. The van der Waals surface area contributed by atoms with Crippen molar-refractivity contribution < 1.29 is 13.9 Å². The number of thioether (sulfide) groups is 1. The van der Waals surface area contributed by atoms with E-state index in [1.54, 1.807) is 17.0 Å². The predicted molar refractivity (Wildman–Crippen MR) is 132 cm³/mol. The average molecular weight is 506 g/mol. The van der Waals surface area contributed by atoms with Crippen LogP contribution in [0.25, 0.3) is 0 Å². The third-order valence-electron chi connectivity index (χ3n) is 4.98. The lowest BCUT2D eigenvalue weighted by Crippen LogP contribution is -2.31. The van der Waals surface area contributed by atoms with E-state index in [-0.39, 0.29) is 17.0 Å². The standard InChI is InChI=1S/C24H18Cl2FNO2S2/c25-18-6-1-16(2-7-18)14-30-21-10-5-17(11-20(21)26)12-22-23(29)28(24(31)32-22)13-15-3-8-19(27)9-4-15/h1-11,22H,12-14H2/t22-/m0/s1. The van der Waals surface area contributed by atoms with E-state index in [0.717, 1.165) is 16.7 Å². The van der Waals surface area contributed by atoms with E-state index in [1.165, 1.54) is 23.9 Å². The van der Waals surface area contributed by atoms with Crippen molar-refractivity contribution in [2.24, 2.45) is 0 Å². The summed E-state index contributed by atoms with van der Waals surface area (Å²) in [6, 6.07) is 19.0. The minimum Gasteiger partial charge on any atom is -0.487 e. The summed E-state index contributed by atoms with van der Waals surface area (Å²) in [6.45, 7) is 0.708. The summed E-state index contributed by atoms with van der Waals surface area (Å²) in [5.74, 6) is 0.210. The molecule has 1 saturated heterocycles. The Morgan fingerprint density at radius 1 is 0.969 bits per heavy atom. The van der Waals surface area contributed by atoms with E-state index in [2.05, 4.69) is 0 Å². The second kappa shape index (κ2) is 10.2. The van der Waals surface area contributed by atoms with Crippen molar-refractivity contribution in [2.75, 3.05) is 0 Å². The molecule has 32 heavy (non-hydrogen) atoms. The van der Waals surface area contributed by atoms with Crippen molar-refractivity contribution in [2.45, 2.75) is 24.8 Å². The van der Waals surface area contributed by atoms with Gasteiger partial charge in [0.2, 0.25) is 5.91 Å². The van der Waals surface area contributed by atoms with Crippen molar-refractivity contribution in [3.05, 3.63) is 99.3 Å². The number of thiocarbonyl (C=S) groups is 1. The SMILES string of the molecule is O=C1[C@H](Cc2ccc(OCc3ccc(Cl)cc3)c(Cl)c2)SC(=S)N1Cc1ccc(F)cc1. The van der Waals surface area contributed by atoms with Crippen LogP contribution in [0.15, 0.2) is 66.7 Å². The molecular weight excluding hydrogens is 488 g/mol. The molecule has 0 unspecified atom stereocenters. The van der Waals surface area contributed by atoms with E-state index in [9.17, 15) is 9.18 Å². The van der Waals surface area contributed by atoms with Crippen molar-refractivity contribution in [1.82, 2.24) is 4.90 Å². The highest BCUT2D eigenvalue weighted by Crippen LogP contribution is 2.33. The van der Waals surface area contributed by atoms with Gasteiger partial charge in [-0.05, 0) is 59.5 Å². The van der Waals surface area contributed by atoms with Crippen molar-refractivity contribution in [1.29, 1.82) is 0 Å². The molecule has 0 radical (unpaired) electrons.